The van der Waals surface area contributed by atoms with Crippen molar-refractivity contribution in [1.29, 1.82) is 0 Å². The van der Waals surface area contributed by atoms with Crippen LogP contribution in [-0.2, 0) is 4.79 Å². The third kappa shape index (κ3) is 2.78. The number of amides is 1. The van der Waals surface area contributed by atoms with Crippen LogP contribution in [0.1, 0.15) is 5.56 Å². The molecule has 0 bridgehead atoms. The number of aromatic nitrogens is 3. The molecular formula is C11H9N4O. The second kappa shape index (κ2) is 4.88. The number of carbonyl (C=O) groups excluding carboxylic acids is 1. The first-order valence-corrected chi connectivity index (χ1v) is 4.67. The number of carbonyl (C=O) groups is 1. The number of nitrogens with one attached hydrogen (secondary N) is 2. The van der Waals surface area contributed by atoms with E-state index in [0.717, 1.165) is 5.56 Å². The van der Waals surface area contributed by atoms with Gasteiger partial charge in [-0.25, -0.2) is 5.10 Å². The van der Waals surface area contributed by atoms with Crippen molar-refractivity contribution in [2.75, 3.05) is 5.32 Å². The van der Waals surface area contributed by atoms with Gasteiger partial charge in [0.25, 0.3) is 0 Å². The molecular weight excluding hydrogens is 204 g/mol. The molecule has 5 heteroatoms. The van der Waals surface area contributed by atoms with Gasteiger partial charge in [0, 0.05) is 6.08 Å². The molecule has 0 fully saturated rings. The summed E-state index contributed by atoms with van der Waals surface area (Å²) in [5, 5.41) is 11.9. The molecule has 2 aromatic rings. The number of anilines is 1. The molecule has 0 atom stereocenters. The first kappa shape index (κ1) is 10.1. The lowest BCUT2D eigenvalue weighted by molar-refractivity contribution is -0.111. The number of aromatic amines is 1. The van der Waals surface area contributed by atoms with Crippen molar-refractivity contribution >= 4 is 17.8 Å². The van der Waals surface area contributed by atoms with Crippen LogP contribution in [0.25, 0.3) is 6.08 Å². The fourth-order valence-electron chi connectivity index (χ4n) is 1.13. The maximum absolute atomic E-state index is 11.4. The van der Waals surface area contributed by atoms with Gasteiger partial charge in [-0.3, -0.25) is 4.79 Å². The molecule has 0 aliphatic heterocycles. The molecule has 79 valence electrons. The van der Waals surface area contributed by atoms with Crippen molar-refractivity contribution in [1.82, 2.24) is 15.4 Å². The Labute approximate surface area is 92.2 Å². The Morgan fingerprint density at radius 3 is 2.88 bits per heavy atom. The third-order valence-electron chi connectivity index (χ3n) is 1.85. The van der Waals surface area contributed by atoms with Crippen LogP contribution in [0.3, 0.4) is 0 Å². The summed E-state index contributed by atoms with van der Waals surface area (Å²) in [6, 6.07) is 9.55. The predicted octanol–water partition coefficient (Wildman–Crippen LogP) is 1.26. The van der Waals surface area contributed by atoms with E-state index in [0.29, 0.717) is 5.82 Å². The molecule has 16 heavy (non-hydrogen) atoms. The Morgan fingerprint density at radius 1 is 1.38 bits per heavy atom. The van der Waals surface area contributed by atoms with E-state index in [9.17, 15) is 4.79 Å². The number of hydrogen-bond donors (Lipinski definition) is 2. The highest BCUT2D eigenvalue weighted by Gasteiger charge is 1.98. The molecule has 0 aliphatic carbocycles. The van der Waals surface area contributed by atoms with Gasteiger partial charge < -0.3 is 5.32 Å². The van der Waals surface area contributed by atoms with Gasteiger partial charge in [-0.2, -0.15) is 0 Å². The Bertz CT molecular complexity index is 476. The SMILES string of the molecule is O=C(C=Cc1ccccc1)Nc1[c]nn[nH]1. The minimum atomic E-state index is -0.258. The van der Waals surface area contributed by atoms with Gasteiger partial charge in [0.1, 0.15) is 0 Å². The molecule has 1 aromatic carbocycles. The summed E-state index contributed by atoms with van der Waals surface area (Å²) >= 11 is 0. The van der Waals surface area contributed by atoms with E-state index >= 15 is 0 Å². The Kier molecular flexibility index (Phi) is 3.08. The van der Waals surface area contributed by atoms with E-state index in [1.807, 2.05) is 30.3 Å². The summed E-state index contributed by atoms with van der Waals surface area (Å²) in [4.78, 5) is 11.4. The van der Waals surface area contributed by atoms with Gasteiger partial charge in [-0.15, -0.1) is 5.10 Å². The maximum atomic E-state index is 11.4. The van der Waals surface area contributed by atoms with Gasteiger partial charge in [-0.05, 0) is 11.6 Å². The lowest BCUT2D eigenvalue weighted by Gasteiger charge is -1.95. The van der Waals surface area contributed by atoms with Crippen molar-refractivity contribution in [2.45, 2.75) is 0 Å². The molecule has 5 nitrogen and oxygen atoms in total. The molecule has 0 saturated carbocycles. The molecule has 0 unspecified atom stereocenters. The second-order valence-corrected chi connectivity index (χ2v) is 3.03. The highest BCUT2D eigenvalue weighted by molar-refractivity contribution is 6.01. The summed E-state index contributed by atoms with van der Waals surface area (Å²) < 4.78 is 0. The molecule has 0 spiro atoms. The summed E-state index contributed by atoms with van der Waals surface area (Å²) in [5.74, 6) is 0.0915. The van der Waals surface area contributed by atoms with Crippen molar-refractivity contribution in [3.63, 3.8) is 0 Å². The van der Waals surface area contributed by atoms with E-state index in [1.54, 1.807) is 6.08 Å². The van der Waals surface area contributed by atoms with Crippen LogP contribution >= 0.6 is 0 Å². The van der Waals surface area contributed by atoms with Crippen LogP contribution in [0, 0.1) is 6.20 Å². The van der Waals surface area contributed by atoms with E-state index < -0.39 is 0 Å². The van der Waals surface area contributed by atoms with Crippen LogP contribution in [-0.4, -0.2) is 21.3 Å². The molecule has 1 aromatic heterocycles. The topological polar surface area (TPSA) is 70.7 Å². The van der Waals surface area contributed by atoms with Gasteiger partial charge >= 0.3 is 0 Å². The molecule has 1 amide bonds. The largest absolute Gasteiger partial charge is 0.306 e. The zero-order valence-electron chi connectivity index (χ0n) is 8.34. The van der Waals surface area contributed by atoms with Crippen molar-refractivity contribution in [2.24, 2.45) is 0 Å². The quantitative estimate of drug-likeness (QED) is 0.754. The third-order valence-corrected chi connectivity index (χ3v) is 1.85. The first-order valence-electron chi connectivity index (χ1n) is 4.67. The average Bonchev–Trinajstić information content (AvgIpc) is 2.81. The molecule has 2 rings (SSSR count). The lowest BCUT2D eigenvalue weighted by Crippen LogP contribution is -2.07. The Morgan fingerprint density at radius 2 is 2.19 bits per heavy atom. The average molecular weight is 213 g/mol. The van der Waals surface area contributed by atoms with E-state index in [-0.39, 0.29) is 5.91 Å². The highest BCUT2D eigenvalue weighted by atomic mass is 16.1. The molecule has 0 saturated heterocycles. The summed E-state index contributed by atoms with van der Waals surface area (Å²) in [5.41, 5.74) is 0.962. The first-order chi connectivity index (χ1) is 7.84. The monoisotopic (exact) mass is 213 g/mol. The normalized spacial score (nSPS) is 10.5. The number of nitrogens with zero attached hydrogens (tertiary/aromatic N) is 2. The van der Waals surface area contributed by atoms with E-state index in [4.69, 9.17) is 0 Å². The van der Waals surface area contributed by atoms with Crippen LogP contribution in [0.5, 0.6) is 0 Å². The fourth-order valence-corrected chi connectivity index (χ4v) is 1.13. The van der Waals surface area contributed by atoms with Crippen molar-refractivity contribution in [3.8, 4) is 0 Å². The minimum Gasteiger partial charge on any atom is -0.306 e. The zero-order valence-corrected chi connectivity index (χ0v) is 8.34. The predicted molar refractivity (Wildman–Crippen MR) is 59.3 cm³/mol. The maximum Gasteiger partial charge on any atom is 0.249 e. The van der Waals surface area contributed by atoms with Crippen molar-refractivity contribution < 1.29 is 4.79 Å². The van der Waals surface area contributed by atoms with Crippen LogP contribution in [0.2, 0.25) is 0 Å². The number of benzene rings is 1. The van der Waals surface area contributed by atoms with Crippen LogP contribution < -0.4 is 5.32 Å². The number of rotatable bonds is 3. The Balaban J connectivity index is 1.95. The van der Waals surface area contributed by atoms with E-state index in [2.05, 4.69) is 26.9 Å². The molecule has 1 heterocycles. The number of H-pyrrole nitrogens is 1. The zero-order chi connectivity index (χ0) is 11.2. The summed E-state index contributed by atoms with van der Waals surface area (Å²) in [6.45, 7) is 0. The van der Waals surface area contributed by atoms with Crippen LogP contribution in [0.15, 0.2) is 36.4 Å². The van der Waals surface area contributed by atoms with Gasteiger partial charge in [-0.1, -0.05) is 35.5 Å². The highest BCUT2D eigenvalue weighted by Crippen LogP contribution is 2.01. The standard InChI is InChI=1S/C11H9N4O/c16-11(13-10-8-12-15-14-10)7-6-9-4-2-1-3-5-9/h1-7H,(H2,12,13,14,15,16). The van der Waals surface area contributed by atoms with E-state index in [1.165, 1.54) is 6.08 Å². The van der Waals surface area contributed by atoms with Crippen molar-refractivity contribution in [3.05, 3.63) is 48.2 Å². The van der Waals surface area contributed by atoms with Gasteiger partial charge in [0.05, 0.1) is 0 Å². The fraction of sp³-hybridized carbons (Fsp3) is 0. The minimum absolute atomic E-state index is 0.258. The van der Waals surface area contributed by atoms with Gasteiger partial charge in [0.2, 0.25) is 5.91 Å². The van der Waals surface area contributed by atoms with Crippen LogP contribution in [0.4, 0.5) is 5.82 Å². The second-order valence-electron chi connectivity index (χ2n) is 3.03. The molecule has 0 aliphatic rings. The number of hydrogen-bond acceptors (Lipinski definition) is 3. The summed E-state index contributed by atoms with van der Waals surface area (Å²) in [7, 11) is 0. The Hall–Kier alpha value is -2.43. The van der Waals surface area contributed by atoms with Gasteiger partial charge in [0.15, 0.2) is 12.0 Å². The smallest absolute Gasteiger partial charge is 0.249 e. The molecule has 2 N–H and O–H groups in total. The lowest BCUT2D eigenvalue weighted by atomic mass is 10.2. The summed E-state index contributed by atoms with van der Waals surface area (Å²) in [6.07, 6.45) is 5.64. The molecule has 1 radical (unpaired) electrons.